The summed E-state index contributed by atoms with van der Waals surface area (Å²) in [7, 11) is 0. The number of fused-ring (bicyclic) bond motifs is 2. The van der Waals surface area contributed by atoms with Crippen molar-refractivity contribution >= 4 is 91.9 Å². The number of carbonyl (C=O) groups excluding carboxylic acids is 1. The molecule has 9 nitrogen and oxygen atoms in total. The van der Waals surface area contributed by atoms with Gasteiger partial charge < -0.3 is 0 Å². The Morgan fingerprint density at radius 2 is 1.09 bits per heavy atom. The summed E-state index contributed by atoms with van der Waals surface area (Å²) < 4.78 is 0.249. The molecular formula is C19H6Br2N2O7S2. The monoisotopic (exact) mass is 596 g/mol. The van der Waals surface area contributed by atoms with E-state index in [9.17, 15) is 34.6 Å². The van der Waals surface area contributed by atoms with E-state index in [0.29, 0.717) is 41.0 Å². The number of nitro groups is 2. The second-order valence-corrected chi connectivity index (χ2v) is 10.1. The van der Waals surface area contributed by atoms with Crippen molar-refractivity contribution in [1.29, 1.82) is 0 Å². The van der Waals surface area contributed by atoms with Crippen molar-refractivity contribution in [3.8, 4) is 0 Å². The van der Waals surface area contributed by atoms with Gasteiger partial charge in [-0.05, 0) is 44.0 Å². The van der Waals surface area contributed by atoms with Crippen molar-refractivity contribution in [2.24, 2.45) is 0 Å². The molecule has 0 amide bonds. The average Bonchev–Trinajstić information content (AvgIpc) is 2.73. The van der Waals surface area contributed by atoms with Crippen LogP contribution in [0.25, 0.3) is 20.2 Å². The van der Waals surface area contributed by atoms with Crippen LogP contribution in [0.1, 0.15) is 15.9 Å². The Hall–Kier alpha value is -2.87. The van der Waals surface area contributed by atoms with Crippen LogP contribution in [0.2, 0.25) is 0 Å². The summed E-state index contributed by atoms with van der Waals surface area (Å²) in [4.78, 5) is 59.5. The van der Waals surface area contributed by atoms with Crippen molar-refractivity contribution in [3.63, 3.8) is 0 Å². The third-order valence-electron chi connectivity index (χ3n) is 4.45. The first kappa shape index (κ1) is 22.3. The Morgan fingerprint density at radius 3 is 1.44 bits per heavy atom. The van der Waals surface area contributed by atoms with E-state index in [0.717, 1.165) is 0 Å². The van der Waals surface area contributed by atoms with Gasteiger partial charge in [0.1, 0.15) is 0 Å². The average molecular weight is 598 g/mol. The molecule has 0 radical (unpaired) electrons. The number of nitrogens with zero attached hydrogens (tertiary/aromatic N) is 2. The van der Waals surface area contributed by atoms with Crippen LogP contribution >= 0.6 is 54.5 Å². The van der Waals surface area contributed by atoms with Gasteiger partial charge in [0.25, 0.3) is 11.4 Å². The van der Waals surface area contributed by atoms with E-state index in [4.69, 9.17) is 0 Å². The first-order valence-corrected chi connectivity index (χ1v) is 11.7. The molecule has 32 heavy (non-hydrogen) atoms. The minimum absolute atomic E-state index is 0.233. The summed E-state index contributed by atoms with van der Waals surface area (Å²) in [5.41, 5.74) is -1.10. The van der Waals surface area contributed by atoms with Crippen LogP contribution in [0.4, 0.5) is 11.4 Å². The van der Waals surface area contributed by atoms with E-state index in [1.165, 1.54) is 36.4 Å². The highest BCUT2D eigenvalue weighted by Gasteiger charge is 2.22. The Labute approximate surface area is 201 Å². The van der Waals surface area contributed by atoms with E-state index in [-0.39, 0.29) is 33.3 Å². The summed E-state index contributed by atoms with van der Waals surface area (Å²) in [5.74, 6) is -0.860. The summed E-state index contributed by atoms with van der Waals surface area (Å²) in [6.45, 7) is 0. The SMILES string of the molecule is O=C(c1cc2cc([N+](=O)[O-])cc(Br)c2sc1=O)c1cc2cc([N+](=O)[O-])cc(Br)c2sc1=O. The molecule has 4 rings (SSSR count). The maximum Gasteiger partial charge on any atom is 0.271 e. The van der Waals surface area contributed by atoms with Gasteiger partial charge in [-0.15, -0.1) is 0 Å². The molecule has 160 valence electrons. The number of nitro benzene ring substituents is 2. The van der Waals surface area contributed by atoms with Crippen LogP contribution in [-0.4, -0.2) is 15.6 Å². The number of benzene rings is 2. The summed E-state index contributed by atoms with van der Waals surface area (Å²) in [6.07, 6.45) is 0. The lowest BCUT2D eigenvalue weighted by Gasteiger charge is -2.05. The van der Waals surface area contributed by atoms with Crippen molar-refractivity contribution in [2.45, 2.75) is 0 Å². The van der Waals surface area contributed by atoms with Gasteiger partial charge in [-0.1, -0.05) is 22.7 Å². The fraction of sp³-hybridized carbons (Fsp3) is 0. The predicted octanol–water partition coefficient (Wildman–Crippen LogP) is 5.41. The Bertz CT molecular complexity index is 1510. The number of hydrogen-bond donors (Lipinski definition) is 0. The highest BCUT2D eigenvalue weighted by molar-refractivity contribution is 9.11. The maximum absolute atomic E-state index is 13.1. The second kappa shape index (κ2) is 8.24. The molecule has 0 atom stereocenters. The highest BCUT2D eigenvalue weighted by atomic mass is 79.9. The lowest BCUT2D eigenvalue weighted by molar-refractivity contribution is -0.384. The predicted molar refractivity (Wildman–Crippen MR) is 128 cm³/mol. The number of ketones is 1. The van der Waals surface area contributed by atoms with Crippen molar-refractivity contribution < 1.29 is 14.6 Å². The molecule has 0 bridgehead atoms. The number of non-ortho nitro benzene ring substituents is 2. The Morgan fingerprint density at radius 1 is 0.719 bits per heavy atom. The second-order valence-electron chi connectivity index (χ2n) is 6.43. The molecule has 0 aliphatic heterocycles. The van der Waals surface area contributed by atoms with E-state index >= 15 is 0 Å². The molecule has 0 fully saturated rings. The largest absolute Gasteiger partial charge is 0.288 e. The van der Waals surface area contributed by atoms with Gasteiger partial charge in [-0.2, -0.15) is 0 Å². The minimum Gasteiger partial charge on any atom is -0.288 e. The van der Waals surface area contributed by atoms with Crippen molar-refractivity contribution in [2.75, 3.05) is 0 Å². The van der Waals surface area contributed by atoms with Crippen molar-refractivity contribution in [1.82, 2.24) is 0 Å². The van der Waals surface area contributed by atoms with Gasteiger partial charge in [0.05, 0.1) is 30.4 Å². The zero-order valence-corrected chi connectivity index (χ0v) is 20.1. The normalized spacial score (nSPS) is 11.1. The standard InChI is InChI=1S/C19H6Br2N2O7S2/c20-13-5-9(22(27)28)1-7-3-11(18(25)31-16(7)13)15(24)12-4-8-2-10(23(29)30)6-14(21)17(8)32-19(12)26/h1-6H. The zero-order chi connectivity index (χ0) is 23.3. The summed E-state index contributed by atoms with van der Waals surface area (Å²) in [5, 5.41) is 22.9. The molecule has 0 aliphatic rings. The highest BCUT2D eigenvalue weighted by Crippen LogP contribution is 2.33. The molecule has 2 aromatic carbocycles. The van der Waals surface area contributed by atoms with Gasteiger partial charge >= 0.3 is 0 Å². The van der Waals surface area contributed by atoms with Crippen LogP contribution < -0.4 is 9.48 Å². The van der Waals surface area contributed by atoms with Crippen LogP contribution in [-0.2, 0) is 0 Å². The molecule has 4 aromatic rings. The molecule has 0 spiro atoms. The lowest BCUT2D eigenvalue weighted by atomic mass is 10.1. The van der Waals surface area contributed by atoms with Crippen molar-refractivity contribution in [3.05, 3.63) is 95.8 Å². The fourth-order valence-corrected chi connectivity index (χ4v) is 6.12. The number of hydrogen-bond acceptors (Lipinski definition) is 9. The number of carbonyl (C=O) groups is 1. The quantitative estimate of drug-likeness (QED) is 0.174. The third kappa shape index (κ3) is 3.88. The third-order valence-corrected chi connectivity index (χ3v) is 8.36. The van der Waals surface area contributed by atoms with Gasteiger partial charge in [0.2, 0.25) is 15.3 Å². The van der Waals surface area contributed by atoms with E-state index in [2.05, 4.69) is 31.9 Å². The van der Waals surface area contributed by atoms with Gasteiger partial charge in [-0.25, -0.2) is 0 Å². The Kier molecular flexibility index (Phi) is 5.75. The zero-order valence-electron chi connectivity index (χ0n) is 15.3. The first-order valence-electron chi connectivity index (χ1n) is 8.45. The van der Waals surface area contributed by atoms with Crippen LogP contribution in [0.3, 0.4) is 0 Å². The number of halogens is 2. The van der Waals surface area contributed by atoms with Gasteiger partial charge in [0.15, 0.2) is 0 Å². The Balaban J connectivity index is 1.93. The van der Waals surface area contributed by atoms with Gasteiger partial charge in [0, 0.05) is 44.0 Å². The topological polar surface area (TPSA) is 137 Å². The maximum atomic E-state index is 13.1. The molecule has 0 N–H and O–H groups in total. The minimum atomic E-state index is -0.860. The van der Waals surface area contributed by atoms with Gasteiger partial charge in [-0.3, -0.25) is 34.6 Å². The van der Waals surface area contributed by atoms with Crippen LogP contribution in [0.15, 0.2) is 54.9 Å². The molecule has 13 heteroatoms. The molecule has 0 saturated heterocycles. The molecule has 0 saturated carbocycles. The molecule has 0 aliphatic carbocycles. The summed E-state index contributed by atoms with van der Waals surface area (Å²) >= 11 is 7.82. The van der Waals surface area contributed by atoms with E-state index in [1.54, 1.807) is 0 Å². The molecular weight excluding hydrogens is 592 g/mol. The molecule has 0 unspecified atom stereocenters. The van der Waals surface area contributed by atoms with E-state index < -0.39 is 25.1 Å². The summed E-state index contributed by atoms with van der Waals surface area (Å²) in [6, 6.07) is 7.40. The number of rotatable bonds is 4. The first-order chi connectivity index (χ1) is 15.1. The fourth-order valence-electron chi connectivity index (χ4n) is 3.03. The van der Waals surface area contributed by atoms with E-state index in [1.807, 2.05) is 0 Å². The molecule has 2 aromatic heterocycles. The lowest BCUT2D eigenvalue weighted by Crippen LogP contribution is -2.18. The molecule has 2 heterocycles. The van der Waals surface area contributed by atoms with Crippen LogP contribution in [0.5, 0.6) is 0 Å². The van der Waals surface area contributed by atoms with Crippen LogP contribution in [0, 0.1) is 20.2 Å². The smallest absolute Gasteiger partial charge is 0.271 e.